The Hall–Kier alpha value is -1.33. The Balaban J connectivity index is 3.08. The average Bonchev–Trinajstić information content (AvgIpc) is 2.27. The lowest BCUT2D eigenvalue weighted by Gasteiger charge is -2.13. The number of hydrogen-bond acceptors (Lipinski definition) is 5. The highest BCUT2D eigenvalue weighted by Gasteiger charge is 2.13. The summed E-state index contributed by atoms with van der Waals surface area (Å²) >= 11 is 0. The molecule has 0 spiro atoms. The van der Waals surface area contributed by atoms with Gasteiger partial charge >= 0.3 is 0 Å². The minimum Gasteiger partial charge on any atom is -0.495 e. The molecule has 1 rings (SSSR count). The molecule has 0 amide bonds. The standard InChI is InChI=1S/C9H14N2O3/c1-13-8-5-11-9(14-2)3-6(8)7(12)4-10/h3,5,7,12H,4,10H2,1-2H3/t7-/m0/s1. The van der Waals surface area contributed by atoms with Gasteiger partial charge in [-0.3, -0.25) is 0 Å². The summed E-state index contributed by atoms with van der Waals surface area (Å²) in [6.07, 6.45) is 0.731. The van der Waals surface area contributed by atoms with Crippen LogP contribution in [0.2, 0.25) is 0 Å². The predicted molar refractivity (Wildman–Crippen MR) is 51.4 cm³/mol. The first-order valence-electron chi connectivity index (χ1n) is 4.19. The third kappa shape index (κ3) is 2.12. The first-order valence-corrected chi connectivity index (χ1v) is 4.19. The largest absolute Gasteiger partial charge is 0.495 e. The van der Waals surface area contributed by atoms with E-state index in [1.807, 2.05) is 0 Å². The molecular weight excluding hydrogens is 184 g/mol. The van der Waals surface area contributed by atoms with Crippen molar-refractivity contribution in [1.29, 1.82) is 0 Å². The van der Waals surface area contributed by atoms with Gasteiger partial charge in [0, 0.05) is 18.2 Å². The van der Waals surface area contributed by atoms with Crippen LogP contribution in [-0.2, 0) is 0 Å². The van der Waals surface area contributed by atoms with Crippen molar-refractivity contribution >= 4 is 0 Å². The number of pyridine rings is 1. The minimum atomic E-state index is -0.762. The second kappa shape index (κ2) is 4.78. The highest BCUT2D eigenvalue weighted by Crippen LogP contribution is 2.26. The molecule has 1 atom stereocenters. The number of aromatic nitrogens is 1. The molecule has 1 heterocycles. The predicted octanol–water partition coefficient (Wildman–Crippen LogP) is 0.0909. The van der Waals surface area contributed by atoms with E-state index >= 15 is 0 Å². The molecule has 3 N–H and O–H groups in total. The van der Waals surface area contributed by atoms with Gasteiger partial charge in [0.05, 0.1) is 26.5 Å². The van der Waals surface area contributed by atoms with Gasteiger partial charge in [0.15, 0.2) is 0 Å². The van der Waals surface area contributed by atoms with Crippen LogP contribution in [0.3, 0.4) is 0 Å². The number of rotatable bonds is 4. The number of nitrogens with zero attached hydrogens (tertiary/aromatic N) is 1. The third-order valence-electron chi connectivity index (χ3n) is 1.88. The number of aliphatic hydroxyl groups is 1. The number of aliphatic hydroxyl groups excluding tert-OH is 1. The lowest BCUT2D eigenvalue weighted by atomic mass is 10.1. The number of hydrogen-bond donors (Lipinski definition) is 2. The first kappa shape index (κ1) is 10.7. The topological polar surface area (TPSA) is 77.6 Å². The van der Waals surface area contributed by atoms with Crippen LogP contribution in [-0.4, -0.2) is 30.9 Å². The molecular formula is C9H14N2O3. The molecule has 0 saturated heterocycles. The quantitative estimate of drug-likeness (QED) is 0.717. The van der Waals surface area contributed by atoms with Crippen molar-refractivity contribution in [2.24, 2.45) is 5.73 Å². The van der Waals surface area contributed by atoms with E-state index in [1.165, 1.54) is 20.4 Å². The maximum Gasteiger partial charge on any atom is 0.213 e. The van der Waals surface area contributed by atoms with E-state index < -0.39 is 6.10 Å². The Kier molecular flexibility index (Phi) is 3.67. The summed E-state index contributed by atoms with van der Waals surface area (Å²) < 4.78 is 9.96. The Labute approximate surface area is 82.5 Å². The van der Waals surface area contributed by atoms with Crippen molar-refractivity contribution in [3.8, 4) is 11.6 Å². The zero-order valence-electron chi connectivity index (χ0n) is 8.23. The van der Waals surface area contributed by atoms with Crippen molar-refractivity contribution < 1.29 is 14.6 Å². The minimum absolute atomic E-state index is 0.128. The maximum absolute atomic E-state index is 9.57. The van der Waals surface area contributed by atoms with E-state index in [0.29, 0.717) is 17.2 Å². The van der Waals surface area contributed by atoms with E-state index in [-0.39, 0.29) is 6.54 Å². The Bertz CT molecular complexity index is 304. The van der Waals surface area contributed by atoms with E-state index in [1.54, 1.807) is 6.07 Å². The molecule has 0 aliphatic rings. The molecule has 0 aromatic carbocycles. The monoisotopic (exact) mass is 198 g/mol. The molecule has 0 unspecified atom stereocenters. The molecule has 78 valence electrons. The Morgan fingerprint density at radius 2 is 2.21 bits per heavy atom. The van der Waals surface area contributed by atoms with Crippen LogP contribution < -0.4 is 15.2 Å². The lowest BCUT2D eigenvalue weighted by Crippen LogP contribution is -2.13. The van der Waals surface area contributed by atoms with Gasteiger partial charge in [0.2, 0.25) is 5.88 Å². The summed E-state index contributed by atoms with van der Waals surface area (Å²) in [5.41, 5.74) is 5.94. The van der Waals surface area contributed by atoms with E-state index in [0.717, 1.165) is 0 Å². The molecule has 0 fully saturated rings. The molecule has 1 aromatic rings. The number of ether oxygens (including phenoxy) is 2. The average molecular weight is 198 g/mol. The van der Waals surface area contributed by atoms with Crippen LogP contribution >= 0.6 is 0 Å². The van der Waals surface area contributed by atoms with Gasteiger partial charge in [-0.2, -0.15) is 0 Å². The van der Waals surface area contributed by atoms with Crippen LogP contribution in [0.1, 0.15) is 11.7 Å². The van der Waals surface area contributed by atoms with E-state index in [9.17, 15) is 5.11 Å². The van der Waals surface area contributed by atoms with Crippen LogP contribution in [0.4, 0.5) is 0 Å². The highest BCUT2D eigenvalue weighted by atomic mass is 16.5. The smallest absolute Gasteiger partial charge is 0.213 e. The first-order chi connectivity index (χ1) is 6.72. The fourth-order valence-corrected chi connectivity index (χ4v) is 1.11. The lowest BCUT2D eigenvalue weighted by molar-refractivity contribution is 0.181. The highest BCUT2D eigenvalue weighted by molar-refractivity contribution is 5.36. The van der Waals surface area contributed by atoms with Crippen molar-refractivity contribution in [3.05, 3.63) is 17.8 Å². The Morgan fingerprint density at radius 1 is 1.50 bits per heavy atom. The summed E-state index contributed by atoms with van der Waals surface area (Å²) in [7, 11) is 3.02. The van der Waals surface area contributed by atoms with E-state index in [4.69, 9.17) is 15.2 Å². The second-order valence-electron chi connectivity index (χ2n) is 2.72. The summed E-state index contributed by atoms with van der Waals surface area (Å²) in [5, 5.41) is 9.57. The summed E-state index contributed by atoms with van der Waals surface area (Å²) in [5.74, 6) is 0.928. The van der Waals surface area contributed by atoms with Gasteiger partial charge in [-0.15, -0.1) is 0 Å². The molecule has 0 radical (unpaired) electrons. The molecule has 0 bridgehead atoms. The van der Waals surface area contributed by atoms with Gasteiger partial charge in [-0.25, -0.2) is 4.98 Å². The summed E-state index contributed by atoms with van der Waals surface area (Å²) in [4.78, 5) is 3.95. The number of nitrogens with two attached hydrogens (primary N) is 1. The maximum atomic E-state index is 9.57. The molecule has 1 aromatic heterocycles. The van der Waals surface area contributed by atoms with Crippen molar-refractivity contribution in [2.75, 3.05) is 20.8 Å². The van der Waals surface area contributed by atoms with Crippen LogP contribution in [0, 0.1) is 0 Å². The van der Waals surface area contributed by atoms with Crippen LogP contribution in [0.25, 0.3) is 0 Å². The molecule has 0 saturated carbocycles. The fourth-order valence-electron chi connectivity index (χ4n) is 1.11. The summed E-state index contributed by atoms with van der Waals surface area (Å²) in [6, 6.07) is 1.61. The molecule has 0 aliphatic carbocycles. The SMILES string of the molecule is COc1cc([C@@H](O)CN)c(OC)cn1. The normalized spacial score (nSPS) is 12.3. The second-order valence-corrected chi connectivity index (χ2v) is 2.72. The molecule has 5 nitrogen and oxygen atoms in total. The van der Waals surface area contributed by atoms with Crippen molar-refractivity contribution in [1.82, 2.24) is 4.98 Å². The van der Waals surface area contributed by atoms with Gasteiger partial charge in [0.25, 0.3) is 0 Å². The zero-order chi connectivity index (χ0) is 10.6. The fraction of sp³-hybridized carbons (Fsp3) is 0.444. The van der Waals surface area contributed by atoms with E-state index in [2.05, 4.69) is 4.98 Å². The molecule has 14 heavy (non-hydrogen) atoms. The van der Waals surface area contributed by atoms with Gasteiger partial charge in [-0.1, -0.05) is 0 Å². The van der Waals surface area contributed by atoms with Crippen LogP contribution in [0.5, 0.6) is 11.6 Å². The molecule has 5 heteroatoms. The zero-order valence-corrected chi connectivity index (χ0v) is 8.23. The third-order valence-corrected chi connectivity index (χ3v) is 1.88. The summed E-state index contributed by atoms with van der Waals surface area (Å²) in [6.45, 7) is 0.128. The van der Waals surface area contributed by atoms with Crippen molar-refractivity contribution in [2.45, 2.75) is 6.10 Å². The van der Waals surface area contributed by atoms with Gasteiger partial charge in [0.1, 0.15) is 5.75 Å². The number of methoxy groups -OCH3 is 2. The van der Waals surface area contributed by atoms with Gasteiger partial charge < -0.3 is 20.3 Å². The Morgan fingerprint density at radius 3 is 2.71 bits per heavy atom. The van der Waals surface area contributed by atoms with Crippen LogP contribution in [0.15, 0.2) is 12.3 Å². The molecule has 0 aliphatic heterocycles. The van der Waals surface area contributed by atoms with Gasteiger partial charge in [-0.05, 0) is 0 Å². The van der Waals surface area contributed by atoms with Crippen molar-refractivity contribution in [3.63, 3.8) is 0 Å².